The average Bonchev–Trinajstić information content (AvgIpc) is 2.37. The number of carbonyl (C=O) groups excluding carboxylic acids is 1. The summed E-state index contributed by atoms with van der Waals surface area (Å²) in [4.78, 5) is 12.1. The van der Waals surface area contributed by atoms with Crippen molar-refractivity contribution in [1.82, 2.24) is 5.32 Å². The van der Waals surface area contributed by atoms with Gasteiger partial charge < -0.3 is 20.1 Å². The zero-order valence-corrected chi connectivity index (χ0v) is 13.1. The van der Waals surface area contributed by atoms with Crippen LogP contribution in [0.3, 0.4) is 0 Å². The molecule has 5 nitrogen and oxygen atoms in total. The van der Waals surface area contributed by atoms with Crippen molar-refractivity contribution in [3.8, 4) is 11.5 Å². The molecular weight excluding hydrogens is 299 g/mol. The number of methoxy groups -OCH3 is 2. The second-order valence-electron chi connectivity index (χ2n) is 4.88. The maximum atomic E-state index is 13.7. The van der Waals surface area contributed by atoms with Gasteiger partial charge in [-0.15, -0.1) is 12.4 Å². The molecule has 0 aromatic heterocycles. The van der Waals surface area contributed by atoms with Gasteiger partial charge in [0.25, 0.3) is 0 Å². The van der Waals surface area contributed by atoms with Crippen molar-refractivity contribution in [2.45, 2.75) is 6.92 Å². The molecule has 1 fully saturated rings. The number of benzene rings is 1. The molecule has 7 heteroatoms. The molecule has 118 valence electrons. The maximum Gasteiger partial charge on any atom is 0.227 e. The fourth-order valence-corrected chi connectivity index (χ4v) is 2.08. The Kier molecular flexibility index (Phi) is 6.23. The lowest BCUT2D eigenvalue weighted by Crippen LogP contribution is -2.48. The third-order valence-electron chi connectivity index (χ3n) is 3.67. The van der Waals surface area contributed by atoms with Crippen molar-refractivity contribution >= 4 is 24.0 Å². The summed E-state index contributed by atoms with van der Waals surface area (Å²) in [5.41, 5.74) is 0.315. The first kappa shape index (κ1) is 17.5. The minimum atomic E-state index is -0.540. The zero-order chi connectivity index (χ0) is 14.7. The molecule has 1 amide bonds. The molecule has 0 aliphatic carbocycles. The van der Waals surface area contributed by atoms with Gasteiger partial charge in [-0.1, -0.05) is 6.92 Å². The highest BCUT2D eigenvalue weighted by atomic mass is 35.5. The van der Waals surface area contributed by atoms with E-state index >= 15 is 0 Å². The Bertz CT molecular complexity index is 509. The van der Waals surface area contributed by atoms with E-state index in [4.69, 9.17) is 9.47 Å². The minimum absolute atomic E-state index is 0. The van der Waals surface area contributed by atoms with Crippen molar-refractivity contribution < 1.29 is 18.7 Å². The lowest BCUT2D eigenvalue weighted by Gasteiger charge is -2.31. The van der Waals surface area contributed by atoms with Crippen LogP contribution in [0, 0.1) is 17.7 Å². The van der Waals surface area contributed by atoms with Crippen LogP contribution in [-0.4, -0.2) is 33.2 Å². The van der Waals surface area contributed by atoms with Crippen LogP contribution in [-0.2, 0) is 4.79 Å². The van der Waals surface area contributed by atoms with Crippen molar-refractivity contribution in [2.75, 3.05) is 32.6 Å². The molecule has 0 spiro atoms. The van der Waals surface area contributed by atoms with Gasteiger partial charge in [0.05, 0.1) is 19.9 Å². The Morgan fingerprint density at radius 1 is 1.33 bits per heavy atom. The maximum absolute atomic E-state index is 13.7. The molecule has 1 unspecified atom stereocenters. The Morgan fingerprint density at radius 3 is 2.43 bits per heavy atom. The van der Waals surface area contributed by atoms with Gasteiger partial charge in [-0.25, -0.2) is 4.39 Å². The fraction of sp³-hybridized carbons (Fsp3) is 0.500. The molecule has 1 aromatic rings. The molecule has 1 aromatic carbocycles. The summed E-state index contributed by atoms with van der Waals surface area (Å²) in [6.07, 6.45) is 0. The number of rotatable bonds is 5. The fourth-order valence-electron chi connectivity index (χ4n) is 2.08. The molecule has 21 heavy (non-hydrogen) atoms. The predicted octanol–water partition coefficient (Wildman–Crippen LogP) is 2.06. The molecule has 2 rings (SSSR count). The van der Waals surface area contributed by atoms with Gasteiger partial charge in [-0.2, -0.15) is 0 Å². The Morgan fingerprint density at radius 2 is 1.95 bits per heavy atom. The molecule has 0 saturated carbocycles. The van der Waals surface area contributed by atoms with E-state index in [9.17, 15) is 9.18 Å². The average molecular weight is 319 g/mol. The van der Waals surface area contributed by atoms with Crippen LogP contribution in [0.25, 0.3) is 0 Å². The van der Waals surface area contributed by atoms with E-state index in [2.05, 4.69) is 10.6 Å². The SMILES string of the molecule is COc1cc(OC)c(NC(=O)C(C)C2CNC2)cc1F.Cl. The Labute approximate surface area is 129 Å². The Balaban J connectivity index is 0.00000220. The highest BCUT2D eigenvalue weighted by Crippen LogP contribution is 2.32. The van der Waals surface area contributed by atoms with Crippen LogP contribution in [0.1, 0.15) is 6.92 Å². The lowest BCUT2D eigenvalue weighted by atomic mass is 9.88. The van der Waals surface area contributed by atoms with Gasteiger partial charge in [-0.05, 0) is 19.0 Å². The van der Waals surface area contributed by atoms with E-state index in [-0.39, 0.29) is 30.0 Å². The van der Waals surface area contributed by atoms with Crippen LogP contribution in [0.15, 0.2) is 12.1 Å². The summed E-state index contributed by atoms with van der Waals surface area (Å²) in [5, 5.41) is 5.84. The summed E-state index contributed by atoms with van der Waals surface area (Å²) in [6, 6.07) is 2.63. The lowest BCUT2D eigenvalue weighted by molar-refractivity contribution is -0.121. The second kappa shape index (κ2) is 7.47. The van der Waals surface area contributed by atoms with Crippen molar-refractivity contribution in [2.24, 2.45) is 11.8 Å². The van der Waals surface area contributed by atoms with Crippen molar-refractivity contribution in [3.05, 3.63) is 17.9 Å². The first-order valence-electron chi connectivity index (χ1n) is 6.50. The highest BCUT2D eigenvalue weighted by molar-refractivity contribution is 5.94. The standard InChI is InChI=1S/C14H19FN2O3.ClH/c1-8(9-6-16-7-9)14(18)17-11-4-10(15)12(19-2)5-13(11)20-3;/h4-5,8-9,16H,6-7H2,1-3H3,(H,17,18);1H. The molecular formula is C14H20ClFN2O3. The number of nitrogens with one attached hydrogen (secondary N) is 2. The molecule has 1 aliphatic rings. The topological polar surface area (TPSA) is 59.6 Å². The van der Waals surface area contributed by atoms with Gasteiger partial charge in [0.15, 0.2) is 11.6 Å². The molecule has 1 atom stereocenters. The molecule has 1 heterocycles. The predicted molar refractivity (Wildman–Crippen MR) is 80.9 cm³/mol. The number of halogens is 2. The van der Waals surface area contributed by atoms with Crippen LogP contribution >= 0.6 is 12.4 Å². The Hall–Kier alpha value is -1.53. The first-order chi connectivity index (χ1) is 9.56. The van der Waals surface area contributed by atoms with Gasteiger partial charge in [0, 0.05) is 18.1 Å². The minimum Gasteiger partial charge on any atom is -0.494 e. The number of amides is 1. The largest absolute Gasteiger partial charge is 0.494 e. The van der Waals surface area contributed by atoms with E-state index in [0.717, 1.165) is 13.1 Å². The third kappa shape index (κ3) is 3.77. The molecule has 2 N–H and O–H groups in total. The quantitative estimate of drug-likeness (QED) is 0.872. The number of ether oxygens (including phenoxy) is 2. The van der Waals surface area contributed by atoms with E-state index in [1.165, 1.54) is 26.4 Å². The molecule has 0 radical (unpaired) electrons. The monoisotopic (exact) mass is 318 g/mol. The third-order valence-corrected chi connectivity index (χ3v) is 3.67. The van der Waals surface area contributed by atoms with Crippen molar-refractivity contribution in [1.29, 1.82) is 0 Å². The summed E-state index contributed by atoms with van der Waals surface area (Å²) in [6.45, 7) is 3.54. The van der Waals surface area contributed by atoms with E-state index in [1.807, 2.05) is 6.92 Å². The van der Waals surface area contributed by atoms with Gasteiger partial charge in [0.1, 0.15) is 5.75 Å². The number of hydrogen-bond acceptors (Lipinski definition) is 4. The van der Waals surface area contributed by atoms with Gasteiger partial charge >= 0.3 is 0 Å². The highest BCUT2D eigenvalue weighted by Gasteiger charge is 2.29. The van der Waals surface area contributed by atoms with E-state index in [1.54, 1.807) is 0 Å². The summed E-state index contributed by atoms with van der Waals surface area (Å²) < 4.78 is 23.7. The van der Waals surface area contributed by atoms with Crippen LogP contribution in [0.5, 0.6) is 11.5 Å². The number of carbonyl (C=O) groups is 1. The molecule has 0 bridgehead atoms. The number of hydrogen-bond donors (Lipinski definition) is 2. The first-order valence-corrected chi connectivity index (χ1v) is 6.50. The normalized spacial score (nSPS) is 15.4. The van der Waals surface area contributed by atoms with Crippen LogP contribution < -0.4 is 20.1 Å². The van der Waals surface area contributed by atoms with Gasteiger partial charge in [-0.3, -0.25) is 4.79 Å². The smallest absolute Gasteiger partial charge is 0.227 e. The van der Waals surface area contributed by atoms with E-state index in [0.29, 0.717) is 17.4 Å². The summed E-state index contributed by atoms with van der Waals surface area (Å²) >= 11 is 0. The van der Waals surface area contributed by atoms with Gasteiger partial charge in [0.2, 0.25) is 5.91 Å². The number of anilines is 1. The second-order valence-corrected chi connectivity index (χ2v) is 4.88. The van der Waals surface area contributed by atoms with Crippen molar-refractivity contribution in [3.63, 3.8) is 0 Å². The zero-order valence-electron chi connectivity index (χ0n) is 12.2. The van der Waals surface area contributed by atoms with Crippen LogP contribution in [0.4, 0.5) is 10.1 Å². The summed E-state index contributed by atoms with van der Waals surface area (Å²) in [5.74, 6) is -0.0391. The molecule has 1 aliphatic heterocycles. The van der Waals surface area contributed by atoms with E-state index < -0.39 is 5.82 Å². The summed E-state index contributed by atoms with van der Waals surface area (Å²) in [7, 11) is 2.84. The van der Waals surface area contributed by atoms with Crippen LogP contribution in [0.2, 0.25) is 0 Å². The molecule has 1 saturated heterocycles.